The third-order valence-corrected chi connectivity index (χ3v) is 14.0. The van der Waals surface area contributed by atoms with Crippen LogP contribution in [0.2, 0.25) is 0 Å². The van der Waals surface area contributed by atoms with E-state index in [1.807, 2.05) is 0 Å². The standard InChI is InChI=1S/C50H39F4N13O6/c1-2-36(68)63-14-9-28(22-63)67-21-26(39-43(67)47(71)62-60-45(39)56)5-7-30-32(52)19-35-41(40(30)53)58-49(73-35)65-16-11-27(65)6-8-37(69)64-15-10-29(23-64)66-20-25(38-42(66)46(70)61-59-44(38)55)4-3-24-17-33-34(18-31(24)51)72-48(57-33)50(54)12-13-50/h2,6,8,17-21,27-29H,1,9-16,22-23H2,(H2,55,59)(H2,56,60)(H,61,70)(H,62,71)/b8-6-/t27?,28-,29-/m0/s1. The van der Waals surface area contributed by atoms with Gasteiger partial charge in [0.15, 0.2) is 34.3 Å². The first-order chi connectivity index (χ1) is 35.2. The molecule has 2 aromatic carbocycles. The number of carbonyl (C=O) groups is 2. The number of nitrogens with two attached hydrogens (primary N) is 2. The van der Waals surface area contributed by atoms with E-state index in [4.69, 9.17) is 20.3 Å². The second-order valence-electron chi connectivity index (χ2n) is 18.5. The smallest absolute Gasteiger partial charge is 0.298 e. The molecule has 73 heavy (non-hydrogen) atoms. The molecule has 0 spiro atoms. The molecule has 368 valence electrons. The lowest BCUT2D eigenvalue weighted by Gasteiger charge is -2.37. The Morgan fingerprint density at radius 2 is 1.37 bits per heavy atom. The highest BCUT2D eigenvalue weighted by atomic mass is 19.2. The molecule has 2 amide bonds. The van der Waals surface area contributed by atoms with Crippen LogP contribution < -0.4 is 27.5 Å². The molecule has 3 saturated heterocycles. The number of likely N-dealkylation sites (tertiary alicyclic amines) is 2. The van der Waals surface area contributed by atoms with E-state index in [1.54, 1.807) is 42.3 Å². The summed E-state index contributed by atoms with van der Waals surface area (Å²) < 4.78 is 76.2. The molecule has 0 radical (unpaired) electrons. The maximum absolute atomic E-state index is 16.1. The Bertz CT molecular complexity index is 4010. The molecule has 12 rings (SSSR count). The van der Waals surface area contributed by atoms with Gasteiger partial charge in [0.1, 0.15) is 33.7 Å². The van der Waals surface area contributed by atoms with Gasteiger partial charge in [-0.15, -0.1) is 0 Å². The summed E-state index contributed by atoms with van der Waals surface area (Å²) in [6.07, 6.45) is 9.64. The first-order valence-electron chi connectivity index (χ1n) is 23.2. The van der Waals surface area contributed by atoms with Crippen molar-refractivity contribution in [2.75, 3.05) is 49.1 Å². The minimum Gasteiger partial charge on any atom is -0.437 e. The largest absolute Gasteiger partial charge is 0.437 e. The first-order valence-corrected chi connectivity index (χ1v) is 23.2. The zero-order valence-electron chi connectivity index (χ0n) is 38.3. The van der Waals surface area contributed by atoms with Crippen molar-refractivity contribution in [1.82, 2.24) is 49.3 Å². The second kappa shape index (κ2) is 16.8. The second-order valence-corrected chi connectivity index (χ2v) is 18.5. The van der Waals surface area contributed by atoms with E-state index in [9.17, 15) is 23.6 Å². The lowest BCUT2D eigenvalue weighted by molar-refractivity contribution is -0.125. The van der Waals surface area contributed by atoms with Crippen molar-refractivity contribution >= 4 is 73.5 Å². The number of rotatable bonds is 7. The minimum atomic E-state index is -1.64. The molecule has 9 heterocycles. The number of alkyl halides is 1. The number of nitrogens with one attached hydrogen (secondary N) is 2. The third kappa shape index (κ3) is 7.53. The van der Waals surface area contributed by atoms with Crippen LogP contribution >= 0.6 is 0 Å². The monoisotopic (exact) mass is 993 g/mol. The van der Waals surface area contributed by atoms with E-state index in [0.29, 0.717) is 44.5 Å². The molecule has 1 unspecified atom stereocenters. The SMILES string of the molecule is C=CC(=O)N1CC[C@H](n2cc(C#Cc3c(F)cc4oc(N5CCC5/C=C\C(=O)N5CC[C@H](n6cc(C#Cc7cc8nc(C9(F)CC9)oc8cc7F)c7c(N)n[nH]c(=O)c76)C5)nc4c3F)c3c(N)n[nH]c(=O)c32)C1. The number of hydrogen-bond donors (Lipinski definition) is 4. The topological polar surface area (TPSA) is 249 Å². The molecule has 23 heteroatoms. The molecule has 6 aromatic heterocycles. The van der Waals surface area contributed by atoms with Crippen molar-refractivity contribution in [2.24, 2.45) is 0 Å². The summed E-state index contributed by atoms with van der Waals surface area (Å²) in [5.74, 6) is 7.53. The predicted octanol–water partition coefficient (Wildman–Crippen LogP) is 4.95. The number of amides is 2. The molecule has 1 saturated carbocycles. The highest BCUT2D eigenvalue weighted by molar-refractivity contribution is 5.96. The van der Waals surface area contributed by atoms with Crippen molar-refractivity contribution in [1.29, 1.82) is 0 Å². The first kappa shape index (κ1) is 45.0. The zero-order chi connectivity index (χ0) is 50.6. The number of oxazole rings is 2. The van der Waals surface area contributed by atoms with Gasteiger partial charge < -0.3 is 44.1 Å². The molecular weight excluding hydrogens is 955 g/mol. The summed E-state index contributed by atoms with van der Waals surface area (Å²) in [4.78, 5) is 65.7. The average molecular weight is 994 g/mol. The van der Waals surface area contributed by atoms with Crippen molar-refractivity contribution in [3.05, 3.63) is 122 Å². The highest BCUT2D eigenvalue weighted by Gasteiger charge is 2.50. The molecule has 1 aliphatic carbocycles. The van der Waals surface area contributed by atoms with Crippen LogP contribution in [0.3, 0.4) is 0 Å². The third-order valence-electron chi connectivity index (χ3n) is 14.0. The fourth-order valence-corrected chi connectivity index (χ4v) is 9.89. The van der Waals surface area contributed by atoms with Crippen LogP contribution in [-0.2, 0) is 15.3 Å². The summed E-state index contributed by atoms with van der Waals surface area (Å²) in [7, 11) is 0. The summed E-state index contributed by atoms with van der Waals surface area (Å²) >= 11 is 0. The molecule has 3 atom stereocenters. The van der Waals surface area contributed by atoms with Gasteiger partial charge in [-0.1, -0.05) is 36.3 Å². The van der Waals surface area contributed by atoms with Gasteiger partial charge in [-0.2, -0.15) is 15.2 Å². The number of nitrogens with zero attached hydrogens (tertiary/aromatic N) is 9. The van der Waals surface area contributed by atoms with Crippen LogP contribution in [0.1, 0.15) is 72.3 Å². The Morgan fingerprint density at radius 3 is 1.97 bits per heavy atom. The number of halogens is 4. The van der Waals surface area contributed by atoms with Gasteiger partial charge in [-0.3, -0.25) is 19.2 Å². The van der Waals surface area contributed by atoms with Gasteiger partial charge in [0.2, 0.25) is 17.7 Å². The van der Waals surface area contributed by atoms with Crippen molar-refractivity contribution in [3.8, 4) is 23.7 Å². The van der Waals surface area contributed by atoms with Crippen LogP contribution in [0.25, 0.3) is 44.0 Å². The number of anilines is 3. The minimum absolute atomic E-state index is 0.00548. The van der Waals surface area contributed by atoms with E-state index in [2.05, 4.69) is 60.6 Å². The Balaban J connectivity index is 0.753. The number of benzene rings is 2. The zero-order valence-corrected chi connectivity index (χ0v) is 38.3. The van der Waals surface area contributed by atoms with Gasteiger partial charge >= 0.3 is 0 Å². The maximum Gasteiger partial charge on any atom is 0.298 e. The molecule has 8 aromatic rings. The van der Waals surface area contributed by atoms with Gasteiger partial charge in [0.05, 0.1) is 51.2 Å². The number of hydrogen-bond acceptors (Lipinski definition) is 13. The fraction of sp³-hybridized carbons (Fsp3) is 0.280. The van der Waals surface area contributed by atoms with Crippen LogP contribution in [-0.4, -0.2) is 99.9 Å². The van der Waals surface area contributed by atoms with Crippen LogP contribution in [0.4, 0.5) is 35.2 Å². The molecular formula is C50H39F4N13O6. The Kier molecular flexibility index (Phi) is 10.3. The normalized spacial score (nSPS) is 19.2. The van der Waals surface area contributed by atoms with Gasteiger partial charge in [-0.05, 0) is 44.2 Å². The lowest BCUT2D eigenvalue weighted by atomic mass is 10.0. The number of fused-ring (bicyclic) bond motifs is 4. The van der Waals surface area contributed by atoms with Gasteiger partial charge in [0.25, 0.3) is 17.1 Å². The Hall–Kier alpha value is -9.12. The fourth-order valence-electron chi connectivity index (χ4n) is 9.89. The maximum atomic E-state index is 16.1. The van der Waals surface area contributed by atoms with E-state index >= 15 is 13.2 Å². The van der Waals surface area contributed by atoms with Crippen LogP contribution in [0.5, 0.6) is 0 Å². The Morgan fingerprint density at radius 1 is 0.767 bits per heavy atom. The van der Waals surface area contributed by atoms with Crippen LogP contribution in [0, 0.1) is 41.1 Å². The summed E-state index contributed by atoms with van der Waals surface area (Å²) in [6, 6.07) is 2.40. The molecule has 19 nitrogen and oxygen atoms in total. The number of aromatic amines is 2. The highest BCUT2D eigenvalue weighted by Crippen LogP contribution is 2.49. The summed E-state index contributed by atoms with van der Waals surface area (Å²) in [6.45, 7) is 5.26. The van der Waals surface area contributed by atoms with E-state index < -0.39 is 39.8 Å². The van der Waals surface area contributed by atoms with Crippen molar-refractivity contribution in [2.45, 2.75) is 55.9 Å². The predicted molar refractivity (Wildman–Crippen MR) is 257 cm³/mol. The van der Waals surface area contributed by atoms with Gasteiger partial charge in [-0.25, -0.2) is 32.7 Å². The average Bonchev–Trinajstić information content (AvgIpc) is 4.10. The van der Waals surface area contributed by atoms with Crippen molar-refractivity contribution in [3.63, 3.8) is 0 Å². The van der Waals surface area contributed by atoms with E-state index in [0.717, 1.165) is 12.1 Å². The number of nitrogen functional groups attached to an aromatic ring is 2. The molecule has 4 aliphatic rings. The summed E-state index contributed by atoms with van der Waals surface area (Å²) in [5.41, 5.74) is 9.82. The number of aromatic nitrogens is 8. The number of H-pyrrole nitrogens is 2. The quantitative estimate of drug-likeness (QED) is 0.0939. The molecule has 3 aliphatic heterocycles. The Labute approximate surface area is 408 Å². The van der Waals surface area contributed by atoms with Crippen LogP contribution in [0.15, 0.2) is 73.8 Å². The molecule has 6 N–H and O–H groups in total. The van der Waals surface area contributed by atoms with E-state index in [1.165, 1.54) is 18.2 Å². The van der Waals surface area contributed by atoms with E-state index in [-0.39, 0.29) is 135 Å². The molecule has 4 fully saturated rings. The van der Waals surface area contributed by atoms with Gasteiger partial charge in [0, 0.05) is 63.3 Å². The summed E-state index contributed by atoms with van der Waals surface area (Å²) in [5, 5.41) is 13.0. The number of carbonyl (C=O) groups excluding carboxylic acids is 2. The lowest BCUT2D eigenvalue weighted by Crippen LogP contribution is -2.47. The molecule has 0 bridgehead atoms. The van der Waals surface area contributed by atoms with Crippen molar-refractivity contribution < 1.29 is 36.0 Å².